The summed E-state index contributed by atoms with van der Waals surface area (Å²) in [4.78, 5) is 19.0. The highest BCUT2D eigenvalue weighted by atomic mass is 16.1. The molecule has 0 radical (unpaired) electrons. The maximum Gasteiger partial charge on any atom is 0.274 e. The number of hydrogen-bond donors (Lipinski definition) is 2. The van der Waals surface area contributed by atoms with Crippen LogP contribution < -0.4 is 15.5 Å². The molecular formula is C20H28N4O. The lowest BCUT2D eigenvalue weighted by Crippen LogP contribution is -2.22. The first kappa shape index (κ1) is 18.8. The van der Waals surface area contributed by atoms with Crippen molar-refractivity contribution in [1.29, 1.82) is 0 Å². The minimum atomic E-state index is -0.199. The molecule has 1 aromatic heterocycles. The van der Waals surface area contributed by atoms with Gasteiger partial charge in [0.05, 0.1) is 11.9 Å². The van der Waals surface area contributed by atoms with Gasteiger partial charge in [0, 0.05) is 30.5 Å². The zero-order chi connectivity index (χ0) is 18.4. The maximum atomic E-state index is 12.4. The lowest BCUT2D eigenvalue weighted by atomic mass is 10.1. The van der Waals surface area contributed by atoms with Crippen molar-refractivity contribution in [2.45, 2.75) is 40.7 Å². The minimum Gasteiger partial charge on any atom is -0.382 e. The fourth-order valence-corrected chi connectivity index (χ4v) is 2.71. The number of amides is 1. The van der Waals surface area contributed by atoms with E-state index in [1.807, 2.05) is 25.1 Å². The Bertz CT molecular complexity index is 706. The SMILES string of the molecule is CCN(CC)c1ccc(NC(=O)c2ccc(NC(C)C)cn2)c(C)c1. The third-order valence-corrected chi connectivity index (χ3v) is 4.04. The second kappa shape index (κ2) is 8.51. The largest absolute Gasteiger partial charge is 0.382 e. The number of carbonyl (C=O) groups excluding carboxylic acids is 1. The zero-order valence-electron chi connectivity index (χ0n) is 15.8. The van der Waals surface area contributed by atoms with Crippen LogP contribution in [-0.4, -0.2) is 30.0 Å². The fraction of sp³-hybridized carbons (Fsp3) is 0.400. The number of pyridine rings is 1. The van der Waals surface area contributed by atoms with Gasteiger partial charge in [0.15, 0.2) is 0 Å². The molecule has 0 unspecified atom stereocenters. The molecule has 0 atom stereocenters. The van der Waals surface area contributed by atoms with E-state index in [0.29, 0.717) is 11.7 Å². The third-order valence-electron chi connectivity index (χ3n) is 4.04. The van der Waals surface area contributed by atoms with Crippen LogP contribution in [0.4, 0.5) is 17.1 Å². The van der Waals surface area contributed by atoms with Crippen molar-refractivity contribution in [2.75, 3.05) is 28.6 Å². The molecule has 1 heterocycles. The summed E-state index contributed by atoms with van der Waals surface area (Å²) in [6.45, 7) is 12.3. The summed E-state index contributed by atoms with van der Waals surface area (Å²) in [6.07, 6.45) is 1.69. The van der Waals surface area contributed by atoms with Crippen LogP contribution in [0.1, 0.15) is 43.7 Å². The van der Waals surface area contributed by atoms with Crippen LogP contribution in [0.25, 0.3) is 0 Å². The Balaban J connectivity index is 2.09. The number of carbonyl (C=O) groups is 1. The number of aromatic nitrogens is 1. The van der Waals surface area contributed by atoms with E-state index in [0.717, 1.165) is 30.0 Å². The molecule has 0 aliphatic carbocycles. The number of hydrogen-bond acceptors (Lipinski definition) is 4. The molecule has 1 aromatic carbocycles. The van der Waals surface area contributed by atoms with E-state index < -0.39 is 0 Å². The second-order valence-electron chi connectivity index (χ2n) is 6.36. The smallest absolute Gasteiger partial charge is 0.274 e. The highest BCUT2D eigenvalue weighted by Gasteiger charge is 2.11. The number of benzene rings is 1. The summed E-state index contributed by atoms with van der Waals surface area (Å²) in [7, 11) is 0. The molecule has 134 valence electrons. The molecule has 0 fully saturated rings. The zero-order valence-corrected chi connectivity index (χ0v) is 15.8. The molecular weight excluding hydrogens is 312 g/mol. The van der Waals surface area contributed by atoms with Crippen molar-refractivity contribution in [1.82, 2.24) is 4.98 Å². The van der Waals surface area contributed by atoms with Crippen LogP contribution in [0.15, 0.2) is 36.5 Å². The van der Waals surface area contributed by atoms with Gasteiger partial charge in [0.25, 0.3) is 5.91 Å². The maximum absolute atomic E-state index is 12.4. The molecule has 1 amide bonds. The summed E-state index contributed by atoms with van der Waals surface area (Å²) in [5.74, 6) is -0.199. The first-order valence-electron chi connectivity index (χ1n) is 8.84. The van der Waals surface area contributed by atoms with E-state index in [4.69, 9.17) is 0 Å². The number of nitrogens with one attached hydrogen (secondary N) is 2. The van der Waals surface area contributed by atoms with Crippen LogP contribution in [0.3, 0.4) is 0 Å². The van der Waals surface area contributed by atoms with Crippen molar-refractivity contribution < 1.29 is 4.79 Å². The Hall–Kier alpha value is -2.56. The molecule has 0 saturated carbocycles. The van der Waals surface area contributed by atoms with Crippen LogP contribution in [-0.2, 0) is 0 Å². The van der Waals surface area contributed by atoms with Crippen molar-refractivity contribution >= 4 is 23.0 Å². The minimum absolute atomic E-state index is 0.199. The predicted octanol–water partition coefficient (Wildman–Crippen LogP) is 4.31. The Kier molecular flexibility index (Phi) is 6.39. The molecule has 0 bridgehead atoms. The number of aryl methyl sites for hydroxylation is 1. The first-order chi connectivity index (χ1) is 11.9. The van der Waals surface area contributed by atoms with Gasteiger partial charge in [-0.2, -0.15) is 0 Å². The molecule has 0 aliphatic rings. The van der Waals surface area contributed by atoms with Crippen LogP contribution in [0.5, 0.6) is 0 Å². The average molecular weight is 340 g/mol. The summed E-state index contributed by atoms with van der Waals surface area (Å²) in [6, 6.07) is 10.0. The van der Waals surface area contributed by atoms with Gasteiger partial charge in [-0.05, 0) is 70.5 Å². The molecule has 25 heavy (non-hydrogen) atoms. The molecule has 0 aliphatic heterocycles. The van der Waals surface area contributed by atoms with E-state index in [1.165, 1.54) is 5.69 Å². The quantitative estimate of drug-likeness (QED) is 0.788. The third kappa shape index (κ3) is 4.95. The lowest BCUT2D eigenvalue weighted by Gasteiger charge is -2.22. The Labute approximate surface area is 150 Å². The summed E-state index contributed by atoms with van der Waals surface area (Å²) in [5, 5.41) is 6.21. The molecule has 5 heteroatoms. The highest BCUT2D eigenvalue weighted by Crippen LogP contribution is 2.23. The van der Waals surface area contributed by atoms with Gasteiger partial charge in [0.1, 0.15) is 5.69 Å². The van der Waals surface area contributed by atoms with E-state index >= 15 is 0 Å². The molecule has 2 N–H and O–H groups in total. The predicted molar refractivity (Wildman–Crippen MR) is 106 cm³/mol. The number of anilines is 3. The molecule has 2 aromatic rings. The summed E-state index contributed by atoms with van der Waals surface area (Å²) < 4.78 is 0. The Morgan fingerprint density at radius 1 is 1.16 bits per heavy atom. The van der Waals surface area contributed by atoms with Crippen molar-refractivity contribution in [2.24, 2.45) is 0 Å². The van der Waals surface area contributed by atoms with Crippen LogP contribution >= 0.6 is 0 Å². The van der Waals surface area contributed by atoms with Crippen molar-refractivity contribution in [3.8, 4) is 0 Å². The number of rotatable bonds is 7. The Morgan fingerprint density at radius 3 is 2.40 bits per heavy atom. The van der Waals surface area contributed by atoms with E-state index in [1.54, 1.807) is 12.3 Å². The summed E-state index contributed by atoms with van der Waals surface area (Å²) in [5.41, 5.74) is 4.33. The van der Waals surface area contributed by atoms with Crippen LogP contribution in [0.2, 0.25) is 0 Å². The molecule has 2 rings (SSSR count). The molecule has 5 nitrogen and oxygen atoms in total. The average Bonchev–Trinajstić information content (AvgIpc) is 2.58. The summed E-state index contributed by atoms with van der Waals surface area (Å²) >= 11 is 0. The second-order valence-corrected chi connectivity index (χ2v) is 6.36. The van der Waals surface area contributed by atoms with Gasteiger partial charge < -0.3 is 15.5 Å². The standard InChI is InChI=1S/C20H28N4O/c1-6-24(7-2)17-9-11-18(15(5)12-17)23-20(25)19-10-8-16(13-21-19)22-14(3)4/h8-14,22H,6-7H2,1-5H3,(H,23,25). The molecule has 0 spiro atoms. The van der Waals surface area contributed by atoms with Gasteiger partial charge in [-0.1, -0.05) is 0 Å². The topological polar surface area (TPSA) is 57.3 Å². The molecule has 0 saturated heterocycles. The monoisotopic (exact) mass is 340 g/mol. The van der Waals surface area contributed by atoms with E-state index in [-0.39, 0.29) is 5.91 Å². The van der Waals surface area contributed by atoms with Gasteiger partial charge in [0.2, 0.25) is 0 Å². The number of nitrogens with zero attached hydrogens (tertiary/aromatic N) is 2. The van der Waals surface area contributed by atoms with E-state index in [2.05, 4.69) is 54.3 Å². The highest BCUT2D eigenvalue weighted by molar-refractivity contribution is 6.03. The Morgan fingerprint density at radius 2 is 1.88 bits per heavy atom. The van der Waals surface area contributed by atoms with Gasteiger partial charge in [-0.25, -0.2) is 4.98 Å². The first-order valence-corrected chi connectivity index (χ1v) is 8.84. The van der Waals surface area contributed by atoms with Crippen LogP contribution in [0, 0.1) is 6.92 Å². The van der Waals surface area contributed by atoms with Gasteiger partial charge in [-0.3, -0.25) is 4.79 Å². The van der Waals surface area contributed by atoms with Crippen molar-refractivity contribution in [3.05, 3.63) is 47.8 Å². The lowest BCUT2D eigenvalue weighted by molar-refractivity contribution is 0.102. The normalized spacial score (nSPS) is 10.6. The van der Waals surface area contributed by atoms with Crippen molar-refractivity contribution in [3.63, 3.8) is 0 Å². The van der Waals surface area contributed by atoms with Gasteiger partial charge in [-0.15, -0.1) is 0 Å². The fourth-order valence-electron chi connectivity index (χ4n) is 2.71. The van der Waals surface area contributed by atoms with E-state index in [9.17, 15) is 4.79 Å². The van der Waals surface area contributed by atoms with Gasteiger partial charge >= 0.3 is 0 Å².